The van der Waals surface area contributed by atoms with Crippen LogP contribution in [0, 0.1) is 0 Å². The number of benzene rings is 1. The van der Waals surface area contributed by atoms with Gasteiger partial charge in [-0.15, -0.1) is 0 Å². The third kappa shape index (κ3) is 3.93. The number of hydrogen-bond donors (Lipinski definition) is 0. The summed E-state index contributed by atoms with van der Waals surface area (Å²) < 4.78 is 12.2. The number of carbonyl (C=O) groups excluding carboxylic acids is 1. The molecule has 1 aromatic carbocycles. The van der Waals surface area contributed by atoms with E-state index in [1.54, 1.807) is 32.4 Å². The molecular weight excluding hydrogens is 369 g/mol. The first-order chi connectivity index (χ1) is 9.24. The van der Waals surface area contributed by atoms with Gasteiger partial charge in [0.15, 0.2) is 12.4 Å². The van der Waals surface area contributed by atoms with E-state index < -0.39 is 0 Å². The molecule has 0 bridgehead atoms. The van der Waals surface area contributed by atoms with Gasteiger partial charge in [0.2, 0.25) is 12.3 Å². The molecule has 0 amide bonds. The number of nitrogens with zero attached hydrogens (tertiary/aromatic N) is 1. The fourth-order valence-corrected chi connectivity index (χ4v) is 1.82. The molecule has 0 aliphatic carbocycles. The summed E-state index contributed by atoms with van der Waals surface area (Å²) >= 11 is 0. The first-order valence-electron chi connectivity index (χ1n) is 5.94. The van der Waals surface area contributed by atoms with Crippen molar-refractivity contribution in [1.29, 1.82) is 0 Å². The number of ether oxygens (including phenoxy) is 2. The Morgan fingerprint density at radius 2 is 1.80 bits per heavy atom. The molecule has 0 unspecified atom stereocenters. The summed E-state index contributed by atoms with van der Waals surface area (Å²) in [5.74, 6) is 1.18. The van der Waals surface area contributed by atoms with E-state index in [9.17, 15) is 4.79 Å². The minimum Gasteiger partial charge on any atom is -1.00 e. The topological polar surface area (TPSA) is 39.4 Å². The number of halogens is 1. The molecule has 0 spiro atoms. The van der Waals surface area contributed by atoms with Gasteiger partial charge in [0.25, 0.3) is 0 Å². The molecule has 4 nitrogen and oxygen atoms in total. The highest BCUT2D eigenvalue weighted by atomic mass is 127. The van der Waals surface area contributed by atoms with Gasteiger partial charge in [-0.3, -0.25) is 4.79 Å². The number of methoxy groups -OCH3 is 2. The van der Waals surface area contributed by atoms with Gasteiger partial charge >= 0.3 is 0 Å². The summed E-state index contributed by atoms with van der Waals surface area (Å²) in [6, 6.07) is 10.9. The molecule has 2 aromatic rings. The highest BCUT2D eigenvalue weighted by molar-refractivity contribution is 5.98. The number of aromatic nitrogens is 1. The number of Topliss-reactive ketones (excluding diaryl/α,β-unsaturated/α-hetero) is 1. The molecule has 0 saturated carbocycles. The summed E-state index contributed by atoms with van der Waals surface area (Å²) in [5, 5.41) is 0. The van der Waals surface area contributed by atoms with E-state index >= 15 is 0 Å². The van der Waals surface area contributed by atoms with Crippen molar-refractivity contribution in [3.05, 3.63) is 54.4 Å². The predicted octanol–water partition coefficient (Wildman–Crippen LogP) is -1.12. The lowest BCUT2D eigenvalue weighted by atomic mass is 10.1. The summed E-state index contributed by atoms with van der Waals surface area (Å²) in [6.45, 7) is 0.268. The van der Waals surface area contributed by atoms with E-state index in [4.69, 9.17) is 9.47 Å². The number of rotatable bonds is 5. The lowest BCUT2D eigenvalue weighted by molar-refractivity contribution is -0.683. The average molecular weight is 385 g/mol. The Labute approximate surface area is 135 Å². The van der Waals surface area contributed by atoms with Crippen molar-refractivity contribution in [2.24, 2.45) is 0 Å². The zero-order chi connectivity index (χ0) is 13.7. The molecule has 106 valence electrons. The van der Waals surface area contributed by atoms with Gasteiger partial charge in [-0.2, -0.15) is 4.57 Å². The van der Waals surface area contributed by atoms with Crippen molar-refractivity contribution in [3.63, 3.8) is 0 Å². The highest BCUT2D eigenvalue weighted by Crippen LogP contribution is 2.24. The third-order valence-corrected chi connectivity index (χ3v) is 2.81. The number of hydrogen-bond acceptors (Lipinski definition) is 3. The van der Waals surface area contributed by atoms with Crippen LogP contribution in [0.15, 0.2) is 48.8 Å². The van der Waals surface area contributed by atoms with E-state index in [1.807, 2.05) is 35.2 Å². The second-order valence-electron chi connectivity index (χ2n) is 4.04. The number of carbonyl (C=O) groups is 1. The Morgan fingerprint density at radius 3 is 2.40 bits per heavy atom. The molecule has 0 atom stereocenters. The smallest absolute Gasteiger partial charge is 0.231 e. The van der Waals surface area contributed by atoms with Gasteiger partial charge in [-0.05, 0) is 18.2 Å². The Hall–Kier alpha value is -1.63. The van der Waals surface area contributed by atoms with Gasteiger partial charge < -0.3 is 33.5 Å². The molecule has 5 heteroatoms. The Kier molecular flexibility index (Phi) is 6.44. The largest absolute Gasteiger partial charge is 1.00 e. The molecular formula is C15H16INO3. The van der Waals surface area contributed by atoms with E-state index in [1.165, 1.54) is 0 Å². The first-order valence-corrected chi connectivity index (χ1v) is 5.94. The van der Waals surface area contributed by atoms with Crippen LogP contribution in [-0.4, -0.2) is 20.0 Å². The van der Waals surface area contributed by atoms with Crippen molar-refractivity contribution in [3.8, 4) is 11.5 Å². The standard InChI is InChI=1S/C15H16NO3.HI/c1-18-12-6-7-15(19-2)13(10-12)14(17)11-16-8-4-3-5-9-16;/h3-10H,11H2,1-2H3;1H/q+1;/p-1. The summed E-state index contributed by atoms with van der Waals surface area (Å²) in [4.78, 5) is 12.3. The van der Waals surface area contributed by atoms with E-state index in [2.05, 4.69) is 0 Å². The van der Waals surface area contributed by atoms with Gasteiger partial charge in [0, 0.05) is 12.1 Å². The molecule has 1 heterocycles. The van der Waals surface area contributed by atoms with E-state index in [0.717, 1.165) is 0 Å². The van der Waals surface area contributed by atoms with Crippen molar-refractivity contribution < 1.29 is 42.8 Å². The summed E-state index contributed by atoms with van der Waals surface area (Å²) in [6.07, 6.45) is 3.70. The van der Waals surface area contributed by atoms with Crippen LogP contribution in [0.3, 0.4) is 0 Å². The highest BCUT2D eigenvalue weighted by Gasteiger charge is 2.17. The van der Waals surface area contributed by atoms with Crippen LogP contribution in [0.4, 0.5) is 0 Å². The van der Waals surface area contributed by atoms with Crippen molar-refractivity contribution in [2.45, 2.75) is 6.54 Å². The lowest BCUT2D eigenvalue weighted by Gasteiger charge is -2.08. The maximum atomic E-state index is 12.3. The van der Waals surface area contributed by atoms with Gasteiger partial charge in [0.05, 0.1) is 19.8 Å². The van der Waals surface area contributed by atoms with Gasteiger partial charge in [-0.25, -0.2) is 0 Å². The first kappa shape index (κ1) is 16.4. The normalized spacial score (nSPS) is 9.50. The number of ketones is 1. The minimum atomic E-state index is -0.0213. The van der Waals surface area contributed by atoms with Crippen LogP contribution in [0.25, 0.3) is 0 Å². The van der Waals surface area contributed by atoms with Crippen molar-refractivity contribution in [2.75, 3.05) is 14.2 Å². The van der Waals surface area contributed by atoms with Crippen LogP contribution in [-0.2, 0) is 6.54 Å². The van der Waals surface area contributed by atoms with Crippen LogP contribution in [0.5, 0.6) is 11.5 Å². The Bertz CT molecular complexity index is 573. The molecule has 2 rings (SSSR count). The van der Waals surface area contributed by atoms with Crippen LogP contribution in [0.1, 0.15) is 10.4 Å². The van der Waals surface area contributed by atoms with Crippen LogP contribution >= 0.6 is 0 Å². The van der Waals surface area contributed by atoms with Crippen molar-refractivity contribution >= 4 is 5.78 Å². The molecule has 0 N–H and O–H groups in total. The predicted molar refractivity (Wildman–Crippen MR) is 70.5 cm³/mol. The molecule has 1 aromatic heterocycles. The van der Waals surface area contributed by atoms with E-state index in [-0.39, 0.29) is 36.3 Å². The van der Waals surface area contributed by atoms with E-state index in [0.29, 0.717) is 17.1 Å². The van der Waals surface area contributed by atoms with Gasteiger partial charge in [0.1, 0.15) is 11.5 Å². The van der Waals surface area contributed by atoms with Crippen LogP contribution in [0.2, 0.25) is 0 Å². The average Bonchev–Trinajstić information content (AvgIpc) is 2.47. The molecule has 0 aliphatic heterocycles. The number of pyridine rings is 1. The Balaban J connectivity index is 0.00000200. The lowest BCUT2D eigenvalue weighted by Crippen LogP contribution is -3.00. The summed E-state index contributed by atoms with van der Waals surface area (Å²) in [5.41, 5.74) is 0.526. The monoisotopic (exact) mass is 385 g/mol. The molecule has 0 radical (unpaired) electrons. The second kappa shape index (κ2) is 7.84. The minimum absolute atomic E-state index is 0. The fraction of sp³-hybridized carbons (Fsp3) is 0.200. The quantitative estimate of drug-likeness (QED) is 0.372. The second-order valence-corrected chi connectivity index (χ2v) is 4.04. The molecule has 0 saturated heterocycles. The zero-order valence-electron chi connectivity index (χ0n) is 11.4. The third-order valence-electron chi connectivity index (χ3n) is 2.81. The van der Waals surface area contributed by atoms with Crippen molar-refractivity contribution in [1.82, 2.24) is 0 Å². The maximum Gasteiger partial charge on any atom is 0.231 e. The fourth-order valence-electron chi connectivity index (χ4n) is 1.82. The molecule has 20 heavy (non-hydrogen) atoms. The maximum absolute atomic E-state index is 12.3. The van der Waals surface area contributed by atoms with Gasteiger partial charge in [-0.1, -0.05) is 6.07 Å². The zero-order valence-corrected chi connectivity index (χ0v) is 13.5. The molecule has 0 aliphatic rings. The molecule has 0 fully saturated rings. The summed E-state index contributed by atoms with van der Waals surface area (Å²) in [7, 11) is 3.12. The Morgan fingerprint density at radius 1 is 1.10 bits per heavy atom. The SMILES string of the molecule is COc1ccc(OC)c(C(=O)C[n+]2ccccc2)c1.[I-]. The van der Waals surface area contributed by atoms with Crippen LogP contribution < -0.4 is 38.0 Å².